The lowest BCUT2D eigenvalue weighted by Gasteiger charge is -2.10. The second-order valence-electron chi connectivity index (χ2n) is 3.54. The van der Waals surface area contributed by atoms with Gasteiger partial charge in [0.15, 0.2) is 0 Å². The Morgan fingerprint density at radius 2 is 2.29 bits per heavy atom. The zero-order valence-corrected chi connectivity index (χ0v) is 8.99. The molecule has 0 saturated heterocycles. The summed E-state index contributed by atoms with van der Waals surface area (Å²) in [7, 11) is 0. The average molecular weight is 195 g/mol. The van der Waals surface area contributed by atoms with Crippen LogP contribution >= 0.6 is 0 Å². The molecule has 0 aromatic carbocycles. The Labute approximate surface area is 84.7 Å². The van der Waals surface area contributed by atoms with E-state index >= 15 is 0 Å². The Morgan fingerprint density at radius 3 is 2.86 bits per heavy atom. The molecule has 0 unspecified atom stereocenters. The Morgan fingerprint density at radius 1 is 1.57 bits per heavy atom. The minimum Gasteiger partial charge on any atom is -0.458 e. The lowest BCUT2D eigenvalue weighted by molar-refractivity contribution is 0.0365. The molecule has 0 atom stereocenters. The molecule has 1 rings (SSSR count). The highest BCUT2D eigenvalue weighted by molar-refractivity contribution is 5.87. The van der Waals surface area contributed by atoms with E-state index in [1.165, 1.54) is 0 Å². The van der Waals surface area contributed by atoms with Crippen molar-refractivity contribution in [3.63, 3.8) is 0 Å². The molecule has 0 radical (unpaired) electrons. The van der Waals surface area contributed by atoms with Gasteiger partial charge in [0.1, 0.15) is 5.69 Å². The fourth-order valence-electron chi connectivity index (χ4n) is 1.31. The first-order chi connectivity index (χ1) is 6.65. The van der Waals surface area contributed by atoms with Crippen molar-refractivity contribution < 1.29 is 9.53 Å². The van der Waals surface area contributed by atoms with Gasteiger partial charge in [-0.25, -0.2) is 4.79 Å². The van der Waals surface area contributed by atoms with Crippen LogP contribution in [-0.4, -0.2) is 16.6 Å². The number of esters is 1. The topological polar surface area (TPSA) is 31.2 Å². The average Bonchev–Trinajstić information content (AvgIpc) is 2.51. The smallest absolute Gasteiger partial charge is 0.355 e. The maximum atomic E-state index is 11.6. The van der Waals surface area contributed by atoms with E-state index in [1.54, 1.807) is 6.07 Å². The van der Waals surface area contributed by atoms with E-state index in [-0.39, 0.29) is 12.1 Å². The molecule has 0 spiro atoms. The molecule has 3 nitrogen and oxygen atoms in total. The van der Waals surface area contributed by atoms with E-state index in [9.17, 15) is 4.79 Å². The standard InChI is InChI=1S/C11H17NO2/c1-4-7-12-8-5-6-10(12)11(13)14-9(2)3/h5-6,8-9H,4,7H2,1-3H3. The van der Waals surface area contributed by atoms with Gasteiger partial charge in [-0.1, -0.05) is 6.92 Å². The van der Waals surface area contributed by atoms with Gasteiger partial charge < -0.3 is 9.30 Å². The second kappa shape index (κ2) is 4.84. The van der Waals surface area contributed by atoms with Crippen LogP contribution in [0, 0.1) is 0 Å². The number of ether oxygens (including phenoxy) is 1. The van der Waals surface area contributed by atoms with Crippen LogP contribution in [0.5, 0.6) is 0 Å². The highest BCUT2D eigenvalue weighted by Crippen LogP contribution is 2.06. The third kappa shape index (κ3) is 2.62. The summed E-state index contributed by atoms with van der Waals surface area (Å²) >= 11 is 0. The SMILES string of the molecule is CCCn1cccc1C(=O)OC(C)C. The van der Waals surface area contributed by atoms with Crippen LogP contribution in [0.15, 0.2) is 18.3 Å². The number of nitrogens with zero attached hydrogens (tertiary/aromatic N) is 1. The molecular weight excluding hydrogens is 178 g/mol. The van der Waals surface area contributed by atoms with Crippen molar-refractivity contribution in [1.82, 2.24) is 4.57 Å². The van der Waals surface area contributed by atoms with E-state index in [0.717, 1.165) is 13.0 Å². The van der Waals surface area contributed by atoms with Crippen LogP contribution in [0.2, 0.25) is 0 Å². The number of hydrogen-bond acceptors (Lipinski definition) is 2. The lowest BCUT2D eigenvalue weighted by atomic mass is 10.4. The lowest BCUT2D eigenvalue weighted by Crippen LogP contribution is -2.15. The van der Waals surface area contributed by atoms with Gasteiger partial charge in [-0.05, 0) is 32.4 Å². The van der Waals surface area contributed by atoms with E-state index in [1.807, 2.05) is 30.7 Å². The Hall–Kier alpha value is -1.25. The molecule has 3 heteroatoms. The van der Waals surface area contributed by atoms with Crippen molar-refractivity contribution >= 4 is 5.97 Å². The normalized spacial score (nSPS) is 10.6. The molecule has 1 heterocycles. The van der Waals surface area contributed by atoms with Crippen LogP contribution in [0.4, 0.5) is 0 Å². The maximum Gasteiger partial charge on any atom is 0.355 e. The second-order valence-corrected chi connectivity index (χ2v) is 3.54. The Balaban J connectivity index is 2.73. The van der Waals surface area contributed by atoms with Gasteiger partial charge in [-0.15, -0.1) is 0 Å². The maximum absolute atomic E-state index is 11.6. The number of rotatable bonds is 4. The molecule has 0 bridgehead atoms. The Bertz CT molecular complexity index is 302. The fraction of sp³-hybridized carbons (Fsp3) is 0.545. The van der Waals surface area contributed by atoms with Crippen molar-refractivity contribution in [3.8, 4) is 0 Å². The van der Waals surface area contributed by atoms with Crippen molar-refractivity contribution in [3.05, 3.63) is 24.0 Å². The molecule has 1 aromatic heterocycles. The summed E-state index contributed by atoms with van der Waals surface area (Å²) in [4.78, 5) is 11.6. The van der Waals surface area contributed by atoms with Crippen LogP contribution in [-0.2, 0) is 11.3 Å². The van der Waals surface area contributed by atoms with Crippen molar-refractivity contribution in [2.24, 2.45) is 0 Å². The molecule has 0 aliphatic heterocycles. The van der Waals surface area contributed by atoms with E-state index in [4.69, 9.17) is 4.74 Å². The molecule has 0 aliphatic carbocycles. The predicted molar refractivity (Wildman–Crippen MR) is 55.3 cm³/mol. The molecule has 1 aromatic rings. The first kappa shape index (κ1) is 10.8. The summed E-state index contributed by atoms with van der Waals surface area (Å²) in [5, 5.41) is 0. The quantitative estimate of drug-likeness (QED) is 0.691. The number of hydrogen-bond donors (Lipinski definition) is 0. The molecule has 0 aliphatic rings. The third-order valence-corrected chi connectivity index (χ3v) is 1.85. The van der Waals surface area contributed by atoms with Gasteiger partial charge in [-0.3, -0.25) is 0 Å². The highest BCUT2D eigenvalue weighted by atomic mass is 16.5. The van der Waals surface area contributed by atoms with Gasteiger partial charge in [0.25, 0.3) is 0 Å². The molecule has 0 amide bonds. The zero-order valence-electron chi connectivity index (χ0n) is 8.99. The molecule has 14 heavy (non-hydrogen) atoms. The van der Waals surface area contributed by atoms with Gasteiger partial charge in [0, 0.05) is 12.7 Å². The third-order valence-electron chi connectivity index (χ3n) is 1.85. The minimum absolute atomic E-state index is 0.0625. The van der Waals surface area contributed by atoms with Gasteiger partial charge in [-0.2, -0.15) is 0 Å². The van der Waals surface area contributed by atoms with E-state index in [2.05, 4.69) is 6.92 Å². The molecular formula is C11H17NO2. The summed E-state index contributed by atoms with van der Waals surface area (Å²) in [6, 6.07) is 3.66. The highest BCUT2D eigenvalue weighted by Gasteiger charge is 2.12. The molecule has 0 N–H and O–H groups in total. The summed E-state index contributed by atoms with van der Waals surface area (Å²) in [5.41, 5.74) is 0.639. The summed E-state index contributed by atoms with van der Waals surface area (Å²) in [6.07, 6.45) is 2.85. The summed E-state index contributed by atoms with van der Waals surface area (Å²) in [5.74, 6) is -0.238. The van der Waals surface area contributed by atoms with Crippen molar-refractivity contribution in [2.75, 3.05) is 0 Å². The number of aryl methyl sites for hydroxylation is 1. The number of carbonyl (C=O) groups is 1. The predicted octanol–water partition coefficient (Wildman–Crippen LogP) is 2.46. The molecule has 78 valence electrons. The van der Waals surface area contributed by atoms with Crippen molar-refractivity contribution in [1.29, 1.82) is 0 Å². The first-order valence-electron chi connectivity index (χ1n) is 5.01. The van der Waals surface area contributed by atoms with Crippen LogP contribution in [0.1, 0.15) is 37.7 Å². The van der Waals surface area contributed by atoms with E-state index < -0.39 is 0 Å². The number of carbonyl (C=O) groups excluding carboxylic acids is 1. The van der Waals surface area contributed by atoms with Crippen LogP contribution < -0.4 is 0 Å². The van der Waals surface area contributed by atoms with Gasteiger partial charge in [0.2, 0.25) is 0 Å². The van der Waals surface area contributed by atoms with Gasteiger partial charge >= 0.3 is 5.97 Å². The minimum atomic E-state index is -0.238. The Kier molecular flexibility index (Phi) is 3.74. The molecule has 0 saturated carbocycles. The van der Waals surface area contributed by atoms with Gasteiger partial charge in [0.05, 0.1) is 6.10 Å². The van der Waals surface area contributed by atoms with Crippen LogP contribution in [0.3, 0.4) is 0 Å². The number of aromatic nitrogens is 1. The molecule has 0 fully saturated rings. The van der Waals surface area contributed by atoms with E-state index in [0.29, 0.717) is 5.69 Å². The largest absolute Gasteiger partial charge is 0.458 e. The summed E-state index contributed by atoms with van der Waals surface area (Å²) in [6.45, 7) is 6.64. The monoisotopic (exact) mass is 195 g/mol. The summed E-state index contributed by atoms with van der Waals surface area (Å²) < 4.78 is 7.04. The van der Waals surface area contributed by atoms with Crippen molar-refractivity contribution in [2.45, 2.75) is 39.8 Å². The zero-order chi connectivity index (χ0) is 10.6. The fourth-order valence-corrected chi connectivity index (χ4v) is 1.31. The van der Waals surface area contributed by atoms with Crippen LogP contribution in [0.25, 0.3) is 0 Å². The first-order valence-corrected chi connectivity index (χ1v) is 5.01.